The van der Waals surface area contributed by atoms with Gasteiger partial charge in [-0.2, -0.15) is 0 Å². The second-order valence-corrected chi connectivity index (χ2v) is 7.86. The number of carbonyl (C=O) groups excluding carboxylic acids is 2. The number of aromatic carboxylic acids is 1. The number of thioether (sulfide) groups is 1. The summed E-state index contributed by atoms with van der Waals surface area (Å²) in [5.41, 5.74) is -0.0204. The number of aromatic nitrogens is 1. The highest BCUT2D eigenvalue weighted by Crippen LogP contribution is 2.47. The van der Waals surface area contributed by atoms with E-state index in [1.54, 1.807) is 16.7 Å². The van der Waals surface area contributed by atoms with Gasteiger partial charge in [0, 0.05) is 17.6 Å². The first-order valence-electron chi connectivity index (χ1n) is 6.82. The van der Waals surface area contributed by atoms with Crippen LogP contribution in [0.5, 0.6) is 0 Å². The number of carbonyl (C=O) groups is 3. The lowest BCUT2D eigenvalue weighted by Gasteiger charge is -2.29. The second-order valence-electron chi connectivity index (χ2n) is 5.42. The van der Waals surface area contributed by atoms with Crippen molar-refractivity contribution in [3.05, 3.63) is 16.1 Å². The van der Waals surface area contributed by atoms with Crippen molar-refractivity contribution < 1.29 is 19.5 Å². The Kier molecular flexibility index (Phi) is 3.85. The van der Waals surface area contributed by atoms with Crippen molar-refractivity contribution in [2.24, 2.45) is 0 Å². The van der Waals surface area contributed by atoms with Crippen molar-refractivity contribution in [2.75, 3.05) is 5.75 Å². The van der Waals surface area contributed by atoms with Crippen LogP contribution in [0, 0.1) is 0 Å². The molecule has 118 valence electrons. The minimum Gasteiger partial charge on any atom is -0.476 e. The van der Waals surface area contributed by atoms with Gasteiger partial charge in [0.2, 0.25) is 11.8 Å². The molecule has 0 unspecified atom stereocenters. The van der Waals surface area contributed by atoms with Crippen LogP contribution in [-0.4, -0.2) is 49.4 Å². The number of nitrogens with one attached hydrogen (secondary N) is 1. The summed E-state index contributed by atoms with van der Waals surface area (Å²) in [6, 6.07) is -0.455. The molecule has 7 nitrogen and oxygen atoms in total. The molecular weight excluding hydrogens is 326 g/mol. The summed E-state index contributed by atoms with van der Waals surface area (Å²) < 4.78 is 0. The third-order valence-electron chi connectivity index (χ3n) is 3.93. The molecule has 9 heteroatoms. The SMILES string of the molecule is C[C@@]12CCC(=O)N1[C@@H](C(=O)NCc1nc(C(=O)O)cs1)CS2. The third-order valence-corrected chi connectivity index (χ3v) is 6.29. The molecule has 3 heterocycles. The number of nitrogens with zero attached hydrogens (tertiary/aromatic N) is 2. The average Bonchev–Trinajstić information content (AvgIpc) is 3.13. The van der Waals surface area contributed by atoms with E-state index in [2.05, 4.69) is 10.3 Å². The lowest BCUT2D eigenvalue weighted by Crippen LogP contribution is -2.49. The molecule has 0 aliphatic carbocycles. The van der Waals surface area contributed by atoms with E-state index in [0.29, 0.717) is 17.2 Å². The smallest absolute Gasteiger partial charge is 0.355 e. The number of carboxylic acids is 1. The number of thiazole rings is 1. The van der Waals surface area contributed by atoms with Crippen LogP contribution in [0.25, 0.3) is 0 Å². The van der Waals surface area contributed by atoms with Crippen LogP contribution in [0.15, 0.2) is 5.38 Å². The Labute approximate surface area is 135 Å². The van der Waals surface area contributed by atoms with E-state index in [0.717, 1.165) is 6.42 Å². The number of hydrogen-bond donors (Lipinski definition) is 2. The fourth-order valence-electron chi connectivity index (χ4n) is 2.79. The second kappa shape index (κ2) is 5.54. The monoisotopic (exact) mass is 341 g/mol. The quantitative estimate of drug-likeness (QED) is 0.844. The highest BCUT2D eigenvalue weighted by Gasteiger charge is 2.52. The first kappa shape index (κ1) is 15.3. The Bertz CT molecular complexity index is 647. The molecule has 0 saturated carbocycles. The maximum absolute atomic E-state index is 12.3. The van der Waals surface area contributed by atoms with Crippen molar-refractivity contribution in [3.63, 3.8) is 0 Å². The normalized spacial score (nSPS) is 27.0. The highest BCUT2D eigenvalue weighted by atomic mass is 32.2. The summed E-state index contributed by atoms with van der Waals surface area (Å²) in [6.07, 6.45) is 1.26. The maximum atomic E-state index is 12.3. The van der Waals surface area contributed by atoms with Gasteiger partial charge in [-0.3, -0.25) is 9.59 Å². The lowest BCUT2D eigenvalue weighted by atomic mass is 10.2. The molecule has 2 aliphatic heterocycles. The number of amides is 2. The zero-order valence-electron chi connectivity index (χ0n) is 11.9. The zero-order valence-corrected chi connectivity index (χ0v) is 13.5. The molecule has 1 aromatic rings. The van der Waals surface area contributed by atoms with Gasteiger partial charge in [0.15, 0.2) is 5.69 Å². The Morgan fingerprint density at radius 2 is 2.36 bits per heavy atom. The minimum absolute atomic E-state index is 0.0204. The van der Waals surface area contributed by atoms with Crippen LogP contribution >= 0.6 is 23.1 Å². The van der Waals surface area contributed by atoms with Crippen LogP contribution in [-0.2, 0) is 16.1 Å². The Balaban J connectivity index is 1.62. The minimum atomic E-state index is -1.08. The van der Waals surface area contributed by atoms with E-state index in [-0.39, 0.29) is 28.9 Å². The van der Waals surface area contributed by atoms with E-state index >= 15 is 0 Å². The van der Waals surface area contributed by atoms with Gasteiger partial charge in [-0.05, 0) is 13.3 Å². The molecule has 3 rings (SSSR count). The largest absolute Gasteiger partial charge is 0.476 e. The standard InChI is InChI=1S/C13H15N3O4S2/c1-13-3-2-10(17)16(13)8(6-22-13)11(18)14-4-9-15-7(5-21-9)12(19)20/h5,8H,2-4,6H2,1H3,(H,14,18)(H,19,20)/t8-,13-/m1/s1. The van der Waals surface area contributed by atoms with E-state index < -0.39 is 12.0 Å². The number of rotatable bonds is 4. The topological polar surface area (TPSA) is 99.6 Å². The van der Waals surface area contributed by atoms with Crippen LogP contribution < -0.4 is 5.32 Å². The van der Waals surface area contributed by atoms with E-state index in [1.807, 2.05) is 6.92 Å². The van der Waals surface area contributed by atoms with Gasteiger partial charge < -0.3 is 15.3 Å². The van der Waals surface area contributed by atoms with Crippen molar-refractivity contribution in [3.8, 4) is 0 Å². The summed E-state index contributed by atoms with van der Waals surface area (Å²) in [5.74, 6) is -0.681. The van der Waals surface area contributed by atoms with Crippen LogP contribution in [0.4, 0.5) is 0 Å². The van der Waals surface area contributed by atoms with E-state index in [4.69, 9.17) is 5.11 Å². The number of fused-ring (bicyclic) bond motifs is 1. The summed E-state index contributed by atoms with van der Waals surface area (Å²) in [5, 5.41) is 13.5. The van der Waals surface area contributed by atoms with Gasteiger partial charge in [0.1, 0.15) is 11.0 Å². The van der Waals surface area contributed by atoms with Gasteiger partial charge in [-0.25, -0.2) is 9.78 Å². The maximum Gasteiger partial charge on any atom is 0.355 e. The summed E-state index contributed by atoms with van der Waals surface area (Å²) >= 11 is 2.83. The van der Waals surface area contributed by atoms with Gasteiger partial charge in [-0.1, -0.05) is 0 Å². The molecular formula is C13H15N3O4S2. The molecule has 2 saturated heterocycles. The Morgan fingerprint density at radius 3 is 3.05 bits per heavy atom. The zero-order chi connectivity index (χ0) is 15.9. The van der Waals surface area contributed by atoms with Crippen molar-refractivity contribution >= 4 is 40.9 Å². The summed E-state index contributed by atoms with van der Waals surface area (Å²) in [6.45, 7) is 2.17. The molecule has 2 aliphatic rings. The Hall–Kier alpha value is -1.61. The van der Waals surface area contributed by atoms with E-state index in [9.17, 15) is 14.4 Å². The van der Waals surface area contributed by atoms with Gasteiger partial charge in [0.25, 0.3) is 0 Å². The van der Waals surface area contributed by atoms with Gasteiger partial charge >= 0.3 is 5.97 Å². The summed E-state index contributed by atoms with van der Waals surface area (Å²) in [7, 11) is 0. The van der Waals surface area contributed by atoms with Crippen molar-refractivity contribution in [1.29, 1.82) is 0 Å². The fourth-order valence-corrected chi connectivity index (χ4v) is 4.93. The molecule has 0 radical (unpaired) electrons. The fraction of sp³-hybridized carbons (Fsp3) is 0.538. The highest BCUT2D eigenvalue weighted by molar-refractivity contribution is 8.01. The van der Waals surface area contributed by atoms with Crippen molar-refractivity contribution in [1.82, 2.24) is 15.2 Å². The molecule has 2 N–H and O–H groups in total. The lowest BCUT2D eigenvalue weighted by molar-refractivity contribution is -0.138. The predicted molar refractivity (Wildman–Crippen MR) is 81.7 cm³/mol. The Morgan fingerprint density at radius 1 is 1.59 bits per heavy atom. The molecule has 22 heavy (non-hydrogen) atoms. The van der Waals surface area contributed by atoms with Crippen LogP contribution in [0.1, 0.15) is 35.3 Å². The average molecular weight is 341 g/mol. The number of hydrogen-bond acceptors (Lipinski definition) is 6. The van der Waals surface area contributed by atoms with Crippen LogP contribution in [0.2, 0.25) is 0 Å². The number of carboxylic acid groups (broad SMARTS) is 1. The molecule has 2 amide bonds. The van der Waals surface area contributed by atoms with Crippen molar-refractivity contribution in [2.45, 2.75) is 37.2 Å². The molecule has 2 fully saturated rings. The third kappa shape index (κ3) is 2.58. The molecule has 2 atom stereocenters. The molecule has 0 spiro atoms. The van der Waals surface area contributed by atoms with Gasteiger partial charge in [-0.15, -0.1) is 23.1 Å². The summed E-state index contributed by atoms with van der Waals surface area (Å²) in [4.78, 5) is 40.4. The van der Waals surface area contributed by atoms with Gasteiger partial charge in [0.05, 0.1) is 11.4 Å². The van der Waals surface area contributed by atoms with Crippen LogP contribution in [0.3, 0.4) is 0 Å². The first-order chi connectivity index (χ1) is 10.4. The predicted octanol–water partition coefficient (Wildman–Crippen LogP) is 0.911. The van der Waals surface area contributed by atoms with E-state index in [1.165, 1.54) is 16.7 Å². The molecule has 0 aromatic carbocycles. The molecule has 1 aromatic heterocycles. The molecule has 0 bridgehead atoms. The first-order valence-corrected chi connectivity index (χ1v) is 8.69.